The van der Waals surface area contributed by atoms with Gasteiger partial charge in [0.2, 0.25) is 0 Å². The Balaban J connectivity index is 1.63. The van der Waals surface area contributed by atoms with Crippen molar-refractivity contribution in [2.24, 2.45) is 0 Å². The molecular formula is C18H17ClN2O2S2. The zero-order valence-electron chi connectivity index (χ0n) is 13.6. The molecule has 0 unspecified atom stereocenters. The Hall–Kier alpha value is -1.60. The first kappa shape index (κ1) is 16.8. The summed E-state index contributed by atoms with van der Waals surface area (Å²) in [7, 11) is -3.40. The van der Waals surface area contributed by atoms with E-state index in [9.17, 15) is 8.42 Å². The van der Waals surface area contributed by atoms with Gasteiger partial charge in [-0.3, -0.25) is 0 Å². The number of aromatic nitrogens is 1. The van der Waals surface area contributed by atoms with E-state index >= 15 is 0 Å². The van der Waals surface area contributed by atoms with Gasteiger partial charge in [0, 0.05) is 45.7 Å². The SMILES string of the molecule is Cc1ccc(S(=O)(=O)N2CC=C(c3c[nH]c4ccc(Cl)cc34)CC2)s1. The topological polar surface area (TPSA) is 53.2 Å². The molecule has 1 N–H and O–H groups in total. The number of fused-ring (bicyclic) bond motifs is 1. The van der Waals surface area contributed by atoms with Gasteiger partial charge in [-0.1, -0.05) is 17.7 Å². The summed E-state index contributed by atoms with van der Waals surface area (Å²) in [5.74, 6) is 0. The summed E-state index contributed by atoms with van der Waals surface area (Å²) in [5.41, 5.74) is 3.29. The summed E-state index contributed by atoms with van der Waals surface area (Å²) in [6.45, 7) is 2.79. The van der Waals surface area contributed by atoms with Gasteiger partial charge in [-0.25, -0.2) is 8.42 Å². The Morgan fingerprint density at radius 1 is 1.24 bits per heavy atom. The molecule has 2 aromatic heterocycles. The number of nitrogens with one attached hydrogen (secondary N) is 1. The fourth-order valence-corrected chi connectivity index (χ4v) is 6.14. The maximum Gasteiger partial charge on any atom is 0.252 e. The maximum absolute atomic E-state index is 12.7. The highest BCUT2D eigenvalue weighted by molar-refractivity contribution is 7.91. The van der Waals surface area contributed by atoms with Gasteiger partial charge >= 0.3 is 0 Å². The number of rotatable bonds is 3. The highest BCUT2D eigenvalue weighted by Gasteiger charge is 2.28. The highest BCUT2D eigenvalue weighted by atomic mass is 35.5. The van der Waals surface area contributed by atoms with E-state index < -0.39 is 10.0 Å². The molecule has 130 valence electrons. The van der Waals surface area contributed by atoms with Crippen LogP contribution in [0.15, 0.2) is 46.8 Å². The van der Waals surface area contributed by atoms with E-state index in [1.807, 2.05) is 43.5 Å². The normalized spacial score (nSPS) is 16.3. The summed E-state index contributed by atoms with van der Waals surface area (Å²) in [6, 6.07) is 9.30. The van der Waals surface area contributed by atoms with E-state index in [2.05, 4.69) is 4.98 Å². The number of aromatic amines is 1. The van der Waals surface area contributed by atoms with E-state index in [0.717, 1.165) is 26.9 Å². The van der Waals surface area contributed by atoms with Crippen LogP contribution in [0.3, 0.4) is 0 Å². The fourth-order valence-electron chi connectivity index (χ4n) is 3.15. The number of benzene rings is 1. The second kappa shape index (κ2) is 6.29. The molecule has 4 rings (SSSR count). The van der Waals surface area contributed by atoms with Crippen molar-refractivity contribution in [1.29, 1.82) is 0 Å². The summed E-state index contributed by atoms with van der Waals surface area (Å²) in [6.07, 6.45) is 4.66. The molecule has 0 atom stereocenters. The minimum Gasteiger partial charge on any atom is -0.361 e. The van der Waals surface area contributed by atoms with Crippen molar-refractivity contribution in [3.05, 3.63) is 58.1 Å². The molecule has 0 fully saturated rings. The molecule has 1 aromatic carbocycles. The highest BCUT2D eigenvalue weighted by Crippen LogP contribution is 2.33. The van der Waals surface area contributed by atoms with E-state index in [1.54, 1.807) is 10.4 Å². The van der Waals surface area contributed by atoms with E-state index in [4.69, 9.17) is 11.6 Å². The van der Waals surface area contributed by atoms with E-state index in [1.165, 1.54) is 11.3 Å². The first-order chi connectivity index (χ1) is 11.9. The van der Waals surface area contributed by atoms with Crippen molar-refractivity contribution in [3.8, 4) is 0 Å². The average Bonchev–Trinajstić information content (AvgIpc) is 3.21. The molecule has 0 saturated heterocycles. The number of hydrogen-bond acceptors (Lipinski definition) is 3. The minimum absolute atomic E-state index is 0.391. The second-order valence-corrected chi connectivity index (χ2v) is 9.99. The Kier molecular flexibility index (Phi) is 4.24. The third-order valence-electron chi connectivity index (χ3n) is 4.47. The van der Waals surface area contributed by atoms with Gasteiger partial charge in [-0.05, 0) is 49.2 Å². The van der Waals surface area contributed by atoms with Crippen LogP contribution < -0.4 is 0 Å². The van der Waals surface area contributed by atoms with E-state index in [0.29, 0.717) is 28.7 Å². The molecule has 7 heteroatoms. The number of nitrogens with zero attached hydrogens (tertiary/aromatic N) is 1. The first-order valence-corrected chi connectivity index (χ1v) is 10.6. The number of H-pyrrole nitrogens is 1. The zero-order chi connectivity index (χ0) is 17.6. The molecule has 0 radical (unpaired) electrons. The van der Waals surface area contributed by atoms with Crippen molar-refractivity contribution in [1.82, 2.24) is 9.29 Å². The van der Waals surface area contributed by atoms with Gasteiger partial charge in [0.25, 0.3) is 10.0 Å². The zero-order valence-corrected chi connectivity index (χ0v) is 16.0. The van der Waals surface area contributed by atoms with Crippen molar-refractivity contribution in [2.45, 2.75) is 17.6 Å². The third-order valence-corrected chi connectivity index (χ3v) is 8.04. The van der Waals surface area contributed by atoms with E-state index in [-0.39, 0.29) is 0 Å². The molecular weight excluding hydrogens is 376 g/mol. The van der Waals surface area contributed by atoms with Gasteiger partial charge in [0.1, 0.15) is 4.21 Å². The number of thiophene rings is 1. The molecule has 3 heterocycles. The van der Waals surface area contributed by atoms with Crippen LogP contribution in [-0.2, 0) is 10.0 Å². The van der Waals surface area contributed by atoms with Gasteiger partial charge in [-0.2, -0.15) is 4.31 Å². The summed E-state index contributed by atoms with van der Waals surface area (Å²) in [5, 5.41) is 1.77. The Bertz CT molecular complexity index is 1080. The summed E-state index contributed by atoms with van der Waals surface area (Å²) in [4.78, 5) is 4.26. The maximum atomic E-state index is 12.7. The molecule has 0 saturated carbocycles. The number of sulfonamides is 1. The number of hydrogen-bond donors (Lipinski definition) is 1. The van der Waals surface area contributed by atoms with Crippen LogP contribution in [0.2, 0.25) is 5.02 Å². The minimum atomic E-state index is -3.40. The van der Waals surface area contributed by atoms with Crippen molar-refractivity contribution < 1.29 is 8.42 Å². The van der Waals surface area contributed by atoms with Crippen LogP contribution in [0, 0.1) is 6.92 Å². The number of aryl methyl sites for hydroxylation is 1. The summed E-state index contributed by atoms with van der Waals surface area (Å²) >= 11 is 7.44. The molecule has 1 aliphatic rings. The second-order valence-electron chi connectivity index (χ2n) is 6.10. The van der Waals surface area contributed by atoms with Crippen molar-refractivity contribution in [3.63, 3.8) is 0 Å². The standard InChI is InChI=1S/C18H17ClN2O2S2/c1-12-2-5-18(24-12)25(22,23)21-8-6-13(7-9-21)16-11-20-17-4-3-14(19)10-15(16)17/h2-6,10-11,20H,7-9H2,1H3. The Morgan fingerprint density at radius 2 is 2.08 bits per heavy atom. The molecule has 0 aliphatic carbocycles. The molecule has 25 heavy (non-hydrogen) atoms. The lowest BCUT2D eigenvalue weighted by Gasteiger charge is -2.25. The van der Waals surface area contributed by atoms with Gasteiger partial charge in [-0.15, -0.1) is 11.3 Å². The predicted octanol–water partition coefficient (Wildman–Crippen LogP) is 4.67. The fraction of sp³-hybridized carbons (Fsp3) is 0.222. The Morgan fingerprint density at radius 3 is 2.76 bits per heavy atom. The lowest BCUT2D eigenvalue weighted by Crippen LogP contribution is -2.34. The first-order valence-electron chi connectivity index (χ1n) is 7.98. The van der Waals surface area contributed by atoms with Crippen LogP contribution in [0.4, 0.5) is 0 Å². The summed E-state index contributed by atoms with van der Waals surface area (Å²) < 4.78 is 27.4. The van der Waals surface area contributed by atoms with Crippen molar-refractivity contribution >= 4 is 49.4 Å². The quantitative estimate of drug-likeness (QED) is 0.704. The lowest BCUT2D eigenvalue weighted by molar-refractivity contribution is 0.443. The third kappa shape index (κ3) is 3.04. The van der Waals surface area contributed by atoms with Crippen LogP contribution in [0.1, 0.15) is 16.9 Å². The smallest absolute Gasteiger partial charge is 0.252 e. The largest absolute Gasteiger partial charge is 0.361 e. The molecule has 0 spiro atoms. The molecule has 3 aromatic rings. The van der Waals surface area contributed by atoms with Crippen LogP contribution in [0.5, 0.6) is 0 Å². The van der Waals surface area contributed by atoms with Gasteiger partial charge in [0.05, 0.1) is 0 Å². The number of halogens is 1. The monoisotopic (exact) mass is 392 g/mol. The van der Waals surface area contributed by atoms with Crippen LogP contribution >= 0.6 is 22.9 Å². The molecule has 0 bridgehead atoms. The van der Waals surface area contributed by atoms with Crippen LogP contribution in [-0.4, -0.2) is 30.8 Å². The lowest BCUT2D eigenvalue weighted by atomic mass is 10.00. The Labute approximate surface area is 155 Å². The molecule has 4 nitrogen and oxygen atoms in total. The molecule has 0 amide bonds. The van der Waals surface area contributed by atoms with Gasteiger partial charge < -0.3 is 4.98 Å². The predicted molar refractivity (Wildman–Crippen MR) is 104 cm³/mol. The molecule has 1 aliphatic heterocycles. The van der Waals surface area contributed by atoms with Crippen LogP contribution in [0.25, 0.3) is 16.5 Å². The van der Waals surface area contributed by atoms with Crippen molar-refractivity contribution in [2.75, 3.05) is 13.1 Å². The average molecular weight is 393 g/mol. The van der Waals surface area contributed by atoms with Gasteiger partial charge in [0.15, 0.2) is 0 Å².